The third-order valence-electron chi connectivity index (χ3n) is 2.62. The molecule has 0 unspecified atom stereocenters. The SMILES string of the molecule is Cc1cccc(CNC(=O)c2cnc(NN)c(Cl)c2)n1. The van der Waals surface area contributed by atoms with E-state index in [0.717, 1.165) is 11.4 Å². The molecular formula is C13H14ClN5O. The van der Waals surface area contributed by atoms with Crippen LogP contribution in [0.15, 0.2) is 30.5 Å². The van der Waals surface area contributed by atoms with Crippen LogP contribution in [0.1, 0.15) is 21.7 Å². The number of pyridine rings is 2. The number of aryl methyl sites for hydroxylation is 1. The molecule has 104 valence electrons. The van der Waals surface area contributed by atoms with E-state index in [1.807, 2.05) is 25.1 Å². The molecule has 0 aromatic carbocycles. The van der Waals surface area contributed by atoms with E-state index in [1.54, 1.807) is 0 Å². The van der Waals surface area contributed by atoms with Gasteiger partial charge in [-0.2, -0.15) is 0 Å². The number of nitrogen functional groups attached to an aromatic ring is 1. The van der Waals surface area contributed by atoms with E-state index >= 15 is 0 Å². The van der Waals surface area contributed by atoms with Crippen molar-refractivity contribution in [1.82, 2.24) is 15.3 Å². The van der Waals surface area contributed by atoms with Crippen LogP contribution < -0.4 is 16.6 Å². The number of hydrogen-bond donors (Lipinski definition) is 3. The maximum atomic E-state index is 12.0. The highest BCUT2D eigenvalue weighted by molar-refractivity contribution is 6.33. The summed E-state index contributed by atoms with van der Waals surface area (Å²) in [7, 11) is 0. The van der Waals surface area contributed by atoms with Gasteiger partial charge in [0.2, 0.25) is 0 Å². The standard InChI is InChI=1S/C13H14ClN5O/c1-8-3-2-4-10(18-8)7-17-13(20)9-5-11(14)12(19-15)16-6-9/h2-6H,7,15H2,1H3,(H,16,19)(H,17,20). The van der Waals surface area contributed by atoms with Gasteiger partial charge in [0, 0.05) is 11.9 Å². The van der Waals surface area contributed by atoms with Crippen LogP contribution in [-0.2, 0) is 6.54 Å². The molecule has 20 heavy (non-hydrogen) atoms. The number of hydrogen-bond acceptors (Lipinski definition) is 5. The van der Waals surface area contributed by atoms with Crippen molar-refractivity contribution in [2.75, 3.05) is 5.43 Å². The number of halogens is 1. The first-order chi connectivity index (χ1) is 9.60. The summed E-state index contributed by atoms with van der Waals surface area (Å²) in [6, 6.07) is 7.14. The molecule has 7 heteroatoms. The third-order valence-corrected chi connectivity index (χ3v) is 2.90. The molecule has 0 spiro atoms. The van der Waals surface area contributed by atoms with Gasteiger partial charge in [0.05, 0.1) is 22.8 Å². The number of hydrazine groups is 1. The maximum Gasteiger partial charge on any atom is 0.253 e. The normalized spacial score (nSPS) is 10.2. The highest BCUT2D eigenvalue weighted by atomic mass is 35.5. The molecule has 0 saturated carbocycles. The molecule has 0 fully saturated rings. The lowest BCUT2D eigenvalue weighted by atomic mass is 10.2. The summed E-state index contributed by atoms with van der Waals surface area (Å²) in [4.78, 5) is 20.2. The van der Waals surface area contributed by atoms with Crippen LogP contribution in [0.4, 0.5) is 5.82 Å². The molecule has 0 aliphatic carbocycles. The van der Waals surface area contributed by atoms with Crippen LogP contribution in [0.5, 0.6) is 0 Å². The van der Waals surface area contributed by atoms with Gasteiger partial charge in [-0.15, -0.1) is 0 Å². The van der Waals surface area contributed by atoms with Crippen molar-refractivity contribution < 1.29 is 4.79 Å². The quantitative estimate of drug-likeness (QED) is 0.588. The van der Waals surface area contributed by atoms with Gasteiger partial charge in [-0.3, -0.25) is 9.78 Å². The van der Waals surface area contributed by atoms with E-state index in [0.29, 0.717) is 17.9 Å². The zero-order chi connectivity index (χ0) is 14.5. The molecular weight excluding hydrogens is 278 g/mol. The zero-order valence-corrected chi connectivity index (χ0v) is 11.6. The summed E-state index contributed by atoms with van der Waals surface area (Å²) in [5.74, 6) is 5.27. The second kappa shape index (κ2) is 6.31. The fraction of sp³-hybridized carbons (Fsp3) is 0.154. The van der Waals surface area contributed by atoms with Crippen molar-refractivity contribution in [3.63, 3.8) is 0 Å². The van der Waals surface area contributed by atoms with Gasteiger partial charge in [-0.1, -0.05) is 17.7 Å². The van der Waals surface area contributed by atoms with Crippen molar-refractivity contribution in [2.24, 2.45) is 5.84 Å². The summed E-state index contributed by atoms with van der Waals surface area (Å²) >= 11 is 5.91. The predicted molar refractivity (Wildman–Crippen MR) is 77.2 cm³/mol. The Morgan fingerprint density at radius 3 is 2.90 bits per heavy atom. The predicted octanol–water partition coefficient (Wildman–Crippen LogP) is 1.65. The van der Waals surface area contributed by atoms with Gasteiger partial charge in [0.25, 0.3) is 5.91 Å². The van der Waals surface area contributed by atoms with Crippen LogP contribution in [0.3, 0.4) is 0 Å². The largest absolute Gasteiger partial charge is 0.346 e. The number of aromatic nitrogens is 2. The molecule has 0 aliphatic heterocycles. The second-order valence-electron chi connectivity index (χ2n) is 4.15. The van der Waals surface area contributed by atoms with Crippen LogP contribution in [-0.4, -0.2) is 15.9 Å². The summed E-state index contributed by atoms with van der Waals surface area (Å²) in [5, 5.41) is 3.04. The van der Waals surface area contributed by atoms with Crippen LogP contribution >= 0.6 is 11.6 Å². The smallest absolute Gasteiger partial charge is 0.253 e. The first-order valence-corrected chi connectivity index (χ1v) is 6.31. The molecule has 6 nitrogen and oxygen atoms in total. The molecule has 0 atom stereocenters. The second-order valence-corrected chi connectivity index (χ2v) is 4.56. The number of rotatable bonds is 4. The lowest BCUT2D eigenvalue weighted by Crippen LogP contribution is -2.23. The molecule has 0 saturated heterocycles. The Bertz CT molecular complexity index is 632. The van der Waals surface area contributed by atoms with Crippen LogP contribution in [0.25, 0.3) is 0 Å². The number of amides is 1. The van der Waals surface area contributed by atoms with Gasteiger partial charge < -0.3 is 10.7 Å². The molecule has 4 N–H and O–H groups in total. The number of carbonyl (C=O) groups excluding carboxylic acids is 1. The fourth-order valence-electron chi connectivity index (χ4n) is 1.64. The van der Waals surface area contributed by atoms with Gasteiger partial charge in [0.1, 0.15) is 0 Å². The number of carbonyl (C=O) groups is 1. The van der Waals surface area contributed by atoms with Gasteiger partial charge in [-0.25, -0.2) is 10.8 Å². The molecule has 0 radical (unpaired) electrons. The number of anilines is 1. The van der Waals surface area contributed by atoms with Crippen molar-refractivity contribution in [2.45, 2.75) is 13.5 Å². The van der Waals surface area contributed by atoms with E-state index in [4.69, 9.17) is 17.4 Å². The summed E-state index contributed by atoms with van der Waals surface area (Å²) in [5.41, 5.74) is 4.40. The lowest BCUT2D eigenvalue weighted by molar-refractivity contribution is 0.0950. The number of nitrogens with zero attached hydrogens (tertiary/aromatic N) is 2. The summed E-state index contributed by atoms with van der Waals surface area (Å²) < 4.78 is 0. The Morgan fingerprint density at radius 1 is 1.45 bits per heavy atom. The van der Waals surface area contributed by atoms with Crippen molar-refractivity contribution in [1.29, 1.82) is 0 Å². The zero-order valence-electron chi connectivity index (χ0n) is 10.9. The molecule has 2 rings (SSSR count). The van der Waals surface area contributed by atoms with Gasteiger partial charge >= 0.3 is 0 Å². The van der Waals surface area contributed by atoms with E-state index in [2.05, 4.69) is 20.7 Å². The molecule has 2 aromatic heterocycles. The average molecular weight is 292 g/mol. The molecule has 0 aliphatic rings. The molecule has 1 amide bonds. The van der Waals surface area contributed by atoms with Gasteiger partial charge in [0.15, 0.2) is 5.82 Å². The fourth-order valence-corrected chi connectivity index (χ4v) is 1.86. The Morgan fingerprint density at radius 2 is 2.25 bits per heavy atom. The minimum absolute atomic E-state index is 0.272. The molecule has 2 heterocycles. The lowest BCUT2D eigenvalue weighted by Gasteiger charge is -2.07. The van der Waals surface area contributed by atoms with E-state index in [1.165, 1.54) is 12.3 Å². The average Bonchev–Trinajstić information content (AvgIpc) is 2.44. The highest BCUT2D eigenvalue weighted by Crippen LogP contribution is 2.18. The van der Waals surface area contributed by atoms with Crippen molar-refractivity contribution >= 4 is 23.3 Å². The third kappa shape index (κ3) is 3.43. The Kier molecular flexibility index (Phi) is 4.49. The summed E-state index contributed by atoms with van der Waals surface area (Å²) in [6.07, 6.45) is 1.40. The first-order valence-electron chi connectivity index (χ1n) is 5.93. The number of nitrogens with two attached hydrogens (primary N) is 1. The summed E-state index contributed by atoms with van der Waals surface area (Å²) in [6.45, 7) is 2.24. The van der Waals surface area contributed by atoms with Gasteiger partial charge in [-0.05, 0) is 25.1 Å². The van der Waals surface area contributed by atoms with E-state index in [-0.39, 0.29) is 10.9 Å². The monoisotopic (exact) mass is 291 g/mol. The minimum atomic E-state index is -0.272. The van der Waals surface area contributed by atoms with Crippen molar-refractivity contribution in [3.05, 3.63) is 52.4 Å². The minimum Gasteiger partial charge on any atom is -0.346 e. The van der Waals surface area contributed by atoms with Crippen LogP contribution in [0.2, 0.25) is 5.02 Å². The van der Waals surface area contributed by atoms with Crippen LogP contribution in [0, 0.1) is 6.92 Å². The topological polar surface area (TPSA) is 92.9 Å². The van der Waals surface area contributed by atoms with Crippen molar-refractivity contribution in [3.8, 4) is 0 Å². The molecule has 0 bridgehead atoms. The number of nitrogens with one attached hydrogen (secondary N) is 2. The van der Waals surface area contributed by atoms with E-state index in [9.17, 15) is 4.79 Å². The first kappa shape index (κ1) is 14.2. The Balaban J connectivity index is 2.03. The highest BCUT2D eigenvalue weighted by Gasteiger charge is 2.09. The Hall–Kier alpha value is -2.18. The maximum absolute atomic E-state index is 12.0. The molecule has 2 aromatic rings. The van der Waals surface area contributed by atoms with E-state index < -0.39 is 0 Å². The Labute approximate surface area is 121 Å².